The summed E-state index contributed by atoms with van der Waals surface area (Å²) in [5.41, 5.74) is -0.108. The second-order valence-corrected chi connectivity index (χ2v) is 4.76. The van der Waals surface area contributed by atoms with Gasteiger partial charge in [-0.25, -0.2) is 9.18 Å². The number of aryl methyl sites for hydroxylation is 1. The van der Waals surface area contributed by atoms with Crippen LogP contribution >= 0.6 is 0 Å². The van der Waals surface area contributed by atoms with Crippen LogP contribution in [-0.2, 0) is 0 Å². The van der Waals surface area contributed by atoms with Crippen LogP contribution in [0.4, 0.5) is 20.6 Å². The highest BCUT2D eigenvalue weighted by Crippen LogP contribution is 2.33. The van der Waals surface area contributed by atoms with Crippen molar-refractivity contribution in [3.63, 3.8) is 0 Å². The van der Waals surface area contributed by atoms with Crippen molar-refractivity contribution in [1.82, 2.24) is 0 Å². The maximum absolute atomic E-state index is 13.2. The Morgan fingerprint density at radius 1 is 1.26 bits per heavy atom. The van der Waals surface area contributed by atoms with Gasteiger partial charge in [0.25, 0.3) is 5.69 Å². The van der Waals surface area contributed by atoms with Crippen molar-refractivity contribution in [3.8, 4) is 11.5 Å². The molecule has 0 heterocycles. The molecule has 0 aliphatic carbocycles. The summed E-state index contributed by atoms with van der Waals surface area (Å²) >= 11 is 0. The van der Waals surface area contributed by atoms with Crippen molar-refractivity contribution < 1.29 is 24.0 Å². The number of nitrogens with zero attached hydrogens (tertiary/aromatic N) is 2. The van der Waals surface area contributed by atoms with Crippen molar-refractivity contribution in [2.24, 2.45) is 0 Å². The molecule has 8 heteroatoms. The van der Waals surface area contributed by atoms with Gasteiger partial charge in [-0.05, 0) is 36.8 Å². The summed E-state index contributed by atoms with van der Waals surface area (Å²) in [6, 6.07) is 7.85. The fourth-order valence-corrected chi connectivity index (χ4v) is 1.91. The van der Waals surface area contributed by atoms with Crippen LogP contribution in [0.25, 0.3) is 0 Å². The minimum Gasteiger partial charge on any atom is -0.465 e. The summed E-state index contributed by atoms with van der Waals surface area (Å²) in [6.07, 6.45) is -1.34. The number of benzene rings is 2. The Kier molecular flexibility index (Phi) is 4.44. The number of carbonyl (C=O) groups is 1. The molecule has 0 aromatic heterocycles. The molecule has 0 saturated heterocycles. The van der Waals surface area contributed by atoms with E-state index in [4.69, 9.17) is 9.84 Å². The van der Waals surface area contributed by atoms with E-state index in [9.17, 15) is 19.3 Å². The summed E-state index contributed by atoms with van der Waals surface area (Å²) in [6.45, 7) is 1.57. The van der Waals surface area contributed by atoms with Crippen molar-refractivity contribution in [2.75, 3.05) is 11.9 Å². The number of rotatable bonds is 4. The zero-order valence-electron chi connectivity index (χ0n) is 12.3. The molecule has 0 aliphatic heterocycles. The number of hydrogen-bond acceptors (Lipinski definition) is 4. The van der Waals surface area contributed by atoms with Crippen molar-refractivity contribution in [1.29, 1.82) is 0 Å². The van der Waals surface area contributed by atoms with Crippen LogP contribution in [-0.4, -0.2) is 23.2 Å². The molecule has 0 fully saturated rings. The third-order valence-electron chi connectivity index (χ3n) is 3.16. The number of nitro groups is 1. The SMILES string of the molecule is Cc1cc(Oc2ccc([N+](=O)[O-])c(N(C)C(=O)O)c2)ccc1F. The van der Waals surface area contributed by atoms with E-state index in [1.165, 1.54) is 37.4 Å². The minimum absolute atomic E-state index is 0.126. The summed E-state index contributed by atoms with van der Waals surface area (Å²) in [4.78, 5) is 22.1. The second kappa shape index (κ2) is 6.30. The van der Waals surface area contributed by atoms with Gasteiger partial charge in [-0.15, -0.1) is 0 Å². The number of halogens is 1. The lowest BCUT2D eigenvalue weighted by atomic mass is 10.2. The molecule has 2 aromatic rings. The topological polar surface area (TPSA) is 92.9 Å². The van der Waals surface area contributed by atoms with Crippen molar-refractivity contribution >= 4 is 17.5 Å². The van der Waals surface area contributed by atoms with Crippen LogP contribution in [0.2, 0.25) is 0 Å². The van der Waals surface area contributed by atoms with Crippen LogP contribution in [0.1, 0.15) is 5.56 Å². The lowest BCUT2D eigenvalue weighted by Gasteiger charge is -2.15. The zero-order valence-corrected chi connectivity index (χ0v) is 12.3. The van der Waals surface area contributed by atoms with E-state index in [1.54, 1.807) is 6.92 Å². The van der Waals surface area contributed by atoms with Gasteiger partial charge in [0.2, 0.25) is 0 Å². The molecule has 1 N–H and O–H groups in total. The molecule has 0 radical (unpaired) electrons. The summed E-state index contributed by atoms with van der Waals surface area (Å²) in [7, 11) is 1.19. The highest BCUT2D eigenvalue weighted by atomic mass is 19.1. The van der Waals surface area contributed by atoms with E-state index in [-0.39, 0.29) is 22.9 Å². The lowest BCUT2D eigenvalue weighted by molar-refractivity contribution is -0.384. The molecule has 2 aromatic carbocycles. The predicted molar refractivity (Wildman–Crippen MR) is 80.7 cm³/mol. The first-order valence-electron chi connectivity index (χ1n) is 6.48. The molecular formula is C15H13FN2O5. The standard InChI is InChI=1S/C15H13FN2O5/c1-9-7-10(3-5-12(9)16)23-11-4-6-13(18(21)22)14(8-11)17(2)15(19)20/h3-8H,1-2H3,(H,19,20). The average molecular weight is 320 g/mol. The Labute approximate surface area is 130 Å². The van der Waals surface area contributed by atoms with E-state index in [0.717, 1.165) is 11.0 Å². The predicted octanol–water partition coefficient (Wildman–Crippen LogP) is 3.95. The molecule has 23 heavy (non-hydrogen) atoms. The first-order valence-corrected chi connectivity index (χ1v) is 6.48. The van der Waals surface area contributed by atoms with Gasteiger partial charge >= 0.3 is 6.09 Å². The van der Waals surface area contributed by atoms with Gasteiger partial charge in [0.15, 0.2) is 0 Å². The van der Waals surface area contributed by atoms with Crippen molar-refractivity contribution in [3.05, 3.63) is 57.9 Å². The fraction of sp³-hybridized carbons (Fsp3) is 0.133. The number of carboxylic acid groups (broad SMARTS) is 1. The molecule has 120 valence electrons. The Morgan fingerprint density at radius 2 is 1.87 bits per heavy atom. The first kappa shape index (κ1) is 16.2. The molecule has 0 unspecified atom stereocenters. The van der Waals surface area contributed by atoms with E-state index < -0.39 is 11.0 Å². The maximum Gasteiger partial charge on any atom is 0.411 e. The number of ether oxygens (including phenoxy) is 1. The molecule has 0 aliphatic rings. The highest BCUT2D eigenvalue weighted by molar-refractivity contribution is 5.89. The van der Waals surface area contributed by atoms with Gasteiger partial charge < -0.3 is 9.84 Å². The normalized spacial score (nSPS) is 10.2. The van der Waals surface area contributed by atoms with E-state index in [0.29, 0.717) is 11.3 Å². The molecule has 0 spiro atoms. The molecule has 2 rings (SSSR count). The molecule has 0 atom stereocenters. The Bertz CT molecular complexity index is 778. The van der Waals surface area contributed by atoms with Crippen LogP contribution < -0.4 is 9.64 Å². The summed E-state index contributed by atoms with van der Waals surface area (Å²) in [5, 5.41) is 20.0. The third-order valence-corrected chi connectivity index (χ3v) is 3.16. The van der Waals surface area contributed by atoms with Gasteiger partial charge in [0.1, 0.15) is 23.0 Å². The largest absolute Gasteiger partial charge is 0.465 e. The van der Waals surface area contributed by atoms with Gasteiger partial charge in [-0.1, -0.05) is 0 Å². The smallest absolute Gasteiger partial charge is 0.411 e. The number of hydrogen-bond donors (Lipinski definition) is 1. The second-order valence-electron chi connectivity index (χ2n) is 4.76. The Hall–Kier alpha value is -3.16. The molecule has 1 amide bonds. The highest BCUT2D eigenvalue weighted by Gasteiger charge is 2.22. The summed E-state index contributed by atoms with van der Waals surface area (Å²) < 4.78 is 18.7. The van der Waals surface area contributed by atoms with Crippen molar-refractivity contribution in [2.45, 2.75) is 6.92 Å². The van der Waals surface area contributed by atoms with E-state index in [1.807, 2.05) is 0 Å². The fourth-order valence-electron chi connectivity index (χ4n) is 1.91. The van der Waals surface area contributed by atoms with Crippen LogP contribution in [0.15, 0.2) is 36.4 Å². The van der Waals surface area contributed by atoms with Crippen LogP contribution in [0, 0.1) is 22.9 Å². The number of anilines is 1. The monoisotopic (exact) mass is 320 g/mol. The molecule has 7 nitrogen and oxygen atoms in total. The molecule has 0 saturated carbocycles. The molecular weight excluding hydrogens is 307 g/mol. The van der Waals surface area contributed by atoms with Gasteiger partial charge in [-0.3, -0.25) is 15.0 Å². The van der Waals surface area contributed by atoms with Gasteiger partial charge in [0.05, 0.1) is 4.92 Å². The summed E-state index contributed by atoms with van der Waals surface area (Å²) in [5.74, 6) is 0.152. The average Bonchev–Trinajstić information content (AvgIpc) is 2.49. The van der Waals surface area contributed by atoms with Crippen LogP contribution in [0.5, 0.6) is 11.5 Å². The van der Waals surface area contributed by atoms with Gasteiger partial charge in [-0.2, -0.15) is 0 Å². The zero-order chi connectivity index (χ0) is 17.1. The maximum atomic E-state index is 13.2. The lowest BCUT2D eigenvalue weighted by Crippen LogP contribution is -2.24. The first-order chi connectivity index (χ1) is 10.8. The third kappa shape index (κ3) is 3.54. The molecule has 0 bridgehead atoms. The van der Waals surface area contributed by atoms with Gasteiger partial charge in [0, 0.05) is 19.2 Å². The Balaban J connectivity index is 2.40. The number of nitro benzene ring substituents is 1. The minimum atomic E-state index is -1.34. The quantitative estimate of drug-likeness (QED) is 0.680. The number of amides is 1. The Morgan fingerprint density at radius 3 is 2.43 bits per heavy atom. The van der Waals surface area contributed by atoms with E-state index >= 15 is 0 Å². The van der Waals surface area contributed by atoms with Crippen LogP contribution in [0.3, 0.4) is 0 Å². The van der Waals surface area contributed by atoms with E-state index in [2.05, 4.69) is 0 Å².